The van der Waals surface area contributed by atoms with E-state index in [1.807, 2.05) is 6.92 Å². The van der Waals surface area contributed by atoms with Crippen molar-refractivity contribution >= 4 is 0 Å². The molecule has 1 atom stereocenters. The molecule has 0 saturated carbocycles. The topological polar surface area (TPSA) is 40.5 Å². The summed E-state index contributed by atoms with van der Waals surface area (Å²) in [6.45, 7) is 7.47. The minimum atomic E-state index is -0.996. The molecule has 0 amide bonds. The summed E-state index contributed by atoms with van der Waals surface area (Å²) in [5.41, 5.74) is 0.377. The Morgan fingerprint density at radius 2 is 1.94 bits per heavy atom. The van der Waals surface area contributed by atoms with E-state index in [2.05, 4.69) is 25.2 Å². The third kappa shape index (κ3) is 8.17. The highest BCUT2D eigenvalue weighted by Crippen LogP contribution is 2.18. The van der Waals surface area contributed by atoms with Gasteiger partial charge in [-0.05, 0) is 52.9 Å². The van der Waals surface area contributed by atoms with Crippen molar-refractivity contribution in [2.75, 3.05) is 0 Å². The quantitative estimate of drug-likeness (QED) is 0.503. The summed E-state index contributed by atoms with van der Waals surface area (Å²) in [6.07, 6.45) is 10.5. The standard InChI is InChI=1S/C15H28O2/c1-5-7-8-9-10-13(6-2)11-12-14(16)15(3,4)17/h5,7,10,14,16-17H,6,8-9,11-12H2,1-4H3/b7-5-,13-10-/t14-/m1/s1. The monoisotopic (exact) mass is 240 g/mol. The summed E-state index contributed by atoms with van der Waals surface area (Å²) >= 11 is 0. The van der Waals surface area contributed by atoms with Gasteiger partial charge in [-0.1, -0.05) is 30.7 Å². The van der Waals surface area contributed by atoms with Crippen LogP contribution in [0.5, 0.6) is 0 Å². The first-order valence-electron chi connectivity index (χ1n) is 6.61. The first-order chi connectivity index (χ1) is 7.91. The third-order valence-electron chi connectivity index (χ3n) is 3.01. The summed E-state index contributed by atoms with van der Waals surface area (Å²) in [5, 5.41) is 19.4. The Morgan fingerprint density at radius 1 is 1.29 bits per heavy atom. The number of unbranched alkanes of at least 4 members (excludes halogenated alkanes) is 1. The Morgan fingerprint density at radius 3 is 2.41 bits per heavy atom. The highest BCUT2D eigenvalue weighted by atomic mass is 16.3. The van der Waals surface area contributed by atoms with E-state index in [1.165, 1.54) is 5.57 Å². The van der Waals surface area contributed by atoms with Gasteiger partial charge in [0.15, 0.2) is 0 Å². The number of hydrogen-bond acceptors (Lipinski definition) is 2. The molecule has 0 fully saturated rings. The number of aliphatic hydroxyl groups is 2. The lowest BCUT2D eigenvalue weighted by molar-refractivity contribution is -0.0510. The molecule has 0 rings (SSSR count). The van der Waals surface area contributed by atoms with E-state index in [0.717, 1.165) is 25.7 Å². The third-order valence-corrected chi connectivity index (χ3v) is 3.01. The van der Waals surface area contributed by atoms with Gasteiger partial charge in [-0.15, -0.1) is 0 Å². The van der Waals surface area contributed by atoms with Gasteiger partial charge in [0.1, 0.15) is 0 Å². The smallest absolute Gasteiger partial charge is 0.0849 e. The molecule has 0 spiro atoms. The lowest BCUT2D eigenvalue weighted by Crippen LogP contribution is -2.35. The first-order valence-corrected chi connectivity index (χ1v) is 6.61. The van der Waals surface area contributed by atoms with Gasteiger partial charge in [0.2, 0.25) is 0 Å². The summed E-state index contributed by atoms with van der Waals surface area (Å²) in [5.74, 6) is 0. The van der Waals surface area contributed by atoms with Crippen molar-refractivity contribution in [3.63, 3.8) is 0 Å². The summed E-state index contributed by atoms with van der Waals surface area (Å²) in [6, 6.07) is 0. The number of aliphatic hydroxyl groups excluding tert-OH is 1. The fourth-order valence-electron chi connectivity index (χ4n) is 1.65. The molecule has 2 N–H and O–H groups in total. The number of allylic oxidation sites excluding steroid dienone is 4. The van der Waals surface area contributed by atoms with Crippen LogP contribution in [-0.4, -0.2) is 21.9 Å². The van der Waals surface area contributed by atoms with Crippen LogP contribution in [0.2, 0.25) is 0 Å². The predicted molar refractivity (Wildman–Crippen MR) is 74.0 cm³/mol. The molecule has 0 bridgehead atoms. The van der Waals surface area contributed by atoms with E-state index in [4.69, 9.17) is 0 Å². The zero-order chi connectivity index (χ0) is 13.3. The van der Waals surface area contributed by atoms with Crippen molar-refractivity contribution in [2.45, 2.75) is 71.5 Å². The zero-order valence-corrected chi connectivity index (χ0v) is 11.7. The zero-order valence-electron chi connectivity index (χ0n) is 11.7. The molecular formula is C15H28O2. The second kappa shape index (κ2) is 8.48. The molecule has 0 saturated heterocycles. The van der Waals surface area contributed by atoms with E-state index in [0.29, 0.717) is 6.42 Å². The molecule has 0 aromatic carbocycles. The minimum Gasteiger partial charge on any atom is -0.390 e. The van der Waals surface area contributed by atoms with Gasteiger partial charge in [0, 0.05) is 0 Å². The predicted octanol–water partition coefficient (Wildman–Crippen LogP) is 3.59. The first kappa shape index (κ1) is 16.4. The molecule has 0 aliphatic heterocycles. The molecular weight excluding hydrogens is 212 g/mol. The maximum Gasteiger partial charge on any atom is 0.0849 e. The molecule has 2 heteroatoms. The average molecular weight is 240 g/mol. The Labute approximate surface area is 106 Å². The lowest BCUT2D eigenvalue weighted by Gasteiger charge is -2.24. The number of hydrogen-bond donors (Lipinski definition) is 2. The summed E-state index contributed by atoms with van der Waals surface area (Å²) in [7, 11) is 0. The van der Waals surface area contributed by atoms with Gasteiger partial charge < -0.3 is 10.2 Å². The summed E-state index contributed by atoms with van der Waals surface area (Å²) in [4.78, 5) is 0. The van der Waals surface area contributed by atoms with Crippen molar-refractivity contribution in [1.82, 2.24) is 0 Å². The van der Waals surface area contributed by atoms with E-state index >= 15 is 0 Å². The fourth-order valence-corrected chi connectivity index (χ4v) is 1.65. The molecule has 0 unspecified atom stereocenters. The van der Waals surface area contributed by atoms with Gasteiger partial charge in [-0.2, -0.15) is 0 Å². The van der Waals surface area contributed by atoms with Crippen molar-refractivity contribution in [3.8, 4) is 0 Å². The second-order valence-corrected chi connectivity index (χ2v) is 5.07. The van der Waals surface area contributed by atoms with Crippen LogP contribution in [-0.2, 0) is 0 Å². The second-order valence-electron chi connectivity index (χ2n) is 5.07. The largest absolute Gasteiger partial charge is 0.390 e. The molecule has 17 heavy (non-hydrogen) atoms. The molecule has 0 heterocycles. The maximum atomic E-state index is 9.75. The summed E-state index contributed by atoms with van der Waals surface area (Å²) < 4.78 is 0. The molecule has 0 aliphatic rings. The van der Waals surface area contributed by atoms with Crippen LogP contribution in [0.1, 0.15) is 59.8 Å². The van der Waals surface area contributed by atoms with E-state index in [1.54, 1.807) is 13.8 Å². The van der Waals surface area contributed by atoms with E-state index < -0.39 is 11.7 Å². The number of rotatable bonds is 8. The minimum absolute atomic E-state index is 0.632. The Bertz CT molecular complexity index is 246. The van der Waals surface area contributed by atoms with Gasteiger partial charge in [0.25, 0.3) is 0 Å². The Kier molecular flexibility index (Phi) is 8.19. The van der Waals surface area contributed by atoms with Gasteiger partial charge in [-0.25, -0.2) is 0 Å². The van der Waals surface area contributed by atoms with Gasteiger partial charge in [0.05, 0.1) is 11.7 Å². The van der Waals surface area contributed by atoms with Gasteiger partial charge >= 0.3 is 0 Å². The molecule has 0 aromatic heterocycles. The van der Waals surface area contributed by atoms with Crippen molar-refractivity contribution in [1.29, 1.82) is 0 Å². The van der Waals surface area contributed by atoms with Crippen LogP contribution in [0.4, 0.5) is 0 Å². The highest BCUT2D eigenvalue weighted by Gasteiger charge is 2.23. The maximum absolute atomic E-state index is 9.75. The average Bonchev–Trinajstić information content (AvgIpc) is 2.26. The molecule has 100 valence electrons. The molecule has 0 aromatic rings. The van der Waals surface area contributed by atoms with Crippen molar-refractivity contribution in [3.05, 3.63) is 23.8 Å². The Balaban J connectivity index is 4.05. The Hall–Kier alpha value is -0.600. The fraction of sp³-hybridized carbons (Fsp3) is 0.733. The molecule has 0 aliphatic carbocycles. The van der Waals surface area contributed by atoms with E-state index in [-0.39, 0.29) is 0 Å². The SMILES string of the molecule is C/C=C\CC/C=C(/CC)CC[C@@H](O)C(C)(C)O. The lowest BCUT2D eigenvalue weighted by atomic mass is 9.94. The van der Waals surface area contributed by atoms with Gasteiger partial charge in [-0.3, -0.25) is 0 Å². The van der Waals surface area contributed by atoms with Crippen LogP contribution in [0.15, 0.2) is 23.8 Å². The molecule has 2 nitrogen and oxygen atoms in total. The molecule has 0 radical (unpaired) electrons. The van der Waals surface area contributed by atoms with Crippen LogP contribution in [0.3, 0.4) is 0 Å². The van der Waals surface area contributed by atoms with Crippen LogP contribution in [0.25, 0.3) is 0 Å². The normalized spacial score (nSPS) is 15.5. The van der Waals surface area contributed by atoms with E-state index in [9.17, 15) is 10.2 Å². The van der Waals surface area contributed by atoms with Crippen molar-refractivity contribution < 1.29 is 10.2 Å². The van der Waals surface area contributed by atoms with Crippen LogP contribution < -0.4 is 0 Å². The van der Waals surface area contributed by atoms with Crippen molar-refractivity contribution in [2.24, 2.45) is 0 Å². The van der Waals surface area contributed by atoms with Crippen LogP contribution in [0, 0.1) is 0 Å². The van der Waals surface area contributed by atoms with Crippen LogP contribution >= 0.6 is 0 Å². The highest BCUT2D eigenvalue weighted by molar-refractivity contribution is 5.02.